The first-order valence-electron chi connectivity index (χ1n) is 5.98. The molecule has 0 unspecified atom stereocenters. The van der Waals surface area contributed by atoms with Gasteiger partial charge in [-0.1, -0.05) is 6.07 Å². The SMILES string of the molecule is Cc1nc(N2CCOC(C)(C)C2)ccc1CO. The lowest BCUT2D eigenvalue weighted by molar-refractivity contribution is -0.0279. The minimum atomic E-state index is -0.122. The van der Waals surface area contributed by atoms with Crippen LogP contribution in [0.2, 0.25) is 0 Å². The van der Waals surface area contributed by atoms with Crippen molar-refractivity contribution in [3.63, 3.8) is 0 Å². The molecular formula is C13H20N2O2. The molecule has 1 saturated heterocycles. The lowest BCUT2D eigenvalue weighted by atomic mass is 10.1. The van der Waals surface area contributed by atoms with Crippen molar-refractivity contribution in [1.82, 2.24) is 4.98 Å². The Morgan fingerprint density at radius 2 is 2.24 bits per heavy atom. The molecule has 1 N–H and O–H groups in total. The van der Waals surface area contributed by atoms with Crippen molar-refractivity contribution in [3.05, 3.63) is 23.4 Å². The summed E-state index contributed by atoms with van der Waals surface area (Å²) >= 11 is 0. The highest BCUT2D eigenvalue weighted by atomic mass is 16.5. The van der Waals surface area contributed by atoms with Gasteiger partial charge in [0, 0.05) is 18.8 Å². The number of hydrogen-bond donors (Lipinski definition) is 1. The van der Waals surface area contributed by atoms with Crippen molar-refractivity contribution in [1.29, 1.82) is 0 Å². The summed E-state index contributed by atoms with van der Waals surface area (Å²) in [5, 5.41) is 9.13. The van der Waals surface area contributed by atoms with Crippen LogP contribution < -0.4 is 4.90 Å². The smallest absolute Gasteiger partial charge is 0.128 e. The maximum absolute atomic E-state index is 9.13. The van der Waals surface area contributed by atoms with E-state index in [1.165, 1.54) is 0 Å². The largest absolute Gasteiger partial charge is 0.392 e. The fourth-order valence-corrected chi connectivity index (χ4v) is 2.13. The Balaban J connectivity index is 2.19. The van der Waals surface area contributed by atoms with E-state index in [1.807, 2.05) is 19.1 Å². The highest BCUT2D eigenvalue weighted by Crippen LogP contribution is 2.22. The van der Waals surface area contributed by atoms with E-state index >= 15 is 0 Å². The van der Waals surface area contributed by atoms with E-state index in [9.17, 15) is 0 Å². The number of aryl methyl sites for hydroxylation is 1. The molecule has 4 heteroatoms. The quantitative estimate of drug-likeness (QED) is 0.845. The van der Waals surface area contributed by atoms with E-state index in [0.29, 0.717) is 0 Å². The lowest BCUT2D eigenvalue weighted by Crippen LogP contribution is -2.48. The summed E-state index contributed by atoms with van der Waals surface area (Å²) in [5.41, 5.74) is 1.67. The zero-order valence-electron chi connectivity index (χ0n) is 10.7. The molecule has 0 spiro atoms. The number of hydrogen-bond acceptors (Lipinski definition) is 4. The molecule has 1 aromatic rings. The summed E-state index contributed by atoms with van der Waals surface area (Å²) in [6.45, 7) is 8.61. The van der Waals surface area contributed by atoms with E-state index in [1.54, 1.807) is 0 Å². The van der Waals surface area contributed by atoms with Crippen molar-refractivity contribution in [2.24, 2.45) is 0 Å². The summed E-state index contributed by atoms with van der Waals surface area (Å²) in [6, 6.07) is 3.92. The second-order valence-corrected chi connectivity index (χ2v) is 5.10. The molecule has 0 radical (unpaired) electrons. The van der Waals surface area contributed by atoms with Gasteiger partial charge in [-0.2, -0.15) is 0 Å². The highest BCUT2D eigenvalue weighted by molar-refractivity contribution is 5.42. The molecule has 0 aliphatic carbocycles. The van der Waals surface area contributed by atoms with Crippen molar-refractivity contribution >= 4 is 5.82 Å². The molecule has 0 saturated carbocycles. The van der Waals surface area contributed by atoms with E-state index in [4.69, 9.17) is 9.84 Å². The Labute approximate surface area is 102 Å². The third-order valence-electron chi connectivity index (χ3n) is 3.10. The van der Waals surface area contributed by atoms with Gasteiger partial charge in [0.25, 0.3) is 0 Å². The predicted octanol–water partition coefficient (Wildman–Crippen LogP) is 1.50. The maximum Gasteiger partial charge on any atom is 0.128 e. The van der Waals surface area contributed by atoms with Crippen LogP contribution in [0.3, 0.4) is 0 Å². The summed E-state index contributed by atoms with van der Waals surface area (Å²) in [7, 11) is 0. The molecule has 1 aromatic heterocycles. The first kappa shape index (κ1) is 12.3. The number of morpholine rings is 1. The Hall–Kier alpha value is -1.13. The summed E-state index contributed by atoms with van der Waals surface area (Å²) in [5.74, 6) is 0.969. The molecule has 1 fully saturated rings. The van der Waals surface area contributed by atoms with Crippen LogP contribution in [-0.4, -0.2) is 35.4 Å². The summed E-state index contributed by atoms with van der Waals surface area (Å²) in [6.07, 6.45) is 0. The summed E-state index contributed by atoms with van der Waals surface area (Å²) < 4.78 is 5.68. The van der Waals surface area contributed by atoms with Crippen LogP contribution in [0, 0.1) is 6.92 Å². The molecule has 1 aliphatic heterocycles. The van der Waals surface area contributed by atoms with E-state index in [0.717, 1.165) is 36.8 Å². The first-order chi connectivity index (χ1) is 8.02. The molecule has 2 rings (SSSR count). The van der Waals surface area contributed by atoms with Crippen molar-refractivity contribution < 1.29 is 9.84 Å². The predicted molar refractivity (Wildman–Crippen MR) is 67.1 cm³/mol. The minimum Gasteiger partial charge on any atom is -0.392 e. The average molecular weight is 236 g/mol. The van der Waals surface area contributed by atoms with Crippen molar-refractivity contribution in [3.8, 4) is 0 Å². The van der Waals surface area contributed by atoms with Gasteiger partial charge >= 0.3 is 0 Å². The minimum absolute atomic E-state index is 0.0493. The molecule has 17 heavy (non-hydrogen) atoms. The second kappa shape index (κ2) is 4.63. The van der Waals surface area contributed by atoms with Crippen LogP contribution in [0.25, 0.3) is 0 Å². The van der Waals surface area contributed by atoms with Gasteiger partial charge in [-0.3, -0.25) is 0 Å². The Bertz CT molecular complexity index is 404. The van der Waals surface area contributed by atoms with Gasteiger partial charge in [-0.05, 0) is 32.4 Å². The average Bonchev–Trinajstić information content (AvgIpc) is 2.27. The number of aliphatic hydroxyl groups excluding tert-OH is 1. The Morgan fingerprint density at radius 1 is 1.47 bits per heavy atom. The van der Waals surface area contributed by atoms with Gasteiger partial charge in [0.1, 0.15) is 5.82 Å². The molecular weight excluding hydrogens is 216 g/mol. The molecule has 0 bridgehead atoms. The fourth-order valence-electron chi connectivity index (χ4n) is 2.13. The number of aromatic nitrogens is 1. The molecule has 0 amide bonds. The van der Waals surface area contributed by atoms with Gasteiger partial charge in [0.05, 0.1) is 18.8 Å². The van der Waals surface area contributed by atoms with E-state index in [-0.39, 0.29) is 12.2 Å². The zero-order valence-corrected chi connectivity index (χ0v) is 10.7. The van der Waals surface area contributed by atoms with Crippen LogP contribution in [0.5, 0.6) is 0 Å². The second-order valence-electron chi connectivity index (χ2n) is 5.10. The van der Waals surface area contributed by atoms with Gasteiger partial charge < -0.3 is 14.7 Å². The fraction of sp³-hybridized carbons (Fsp3) is 0.615. The van der Waals surface area contributed by atoms with Gasteiger partial charge in [0.2, 0.25) is 0 Å². The zero-order chi connectivity index (χ0) is 12.5. The normalized spacial score (nSPS) is 19.4. The van der Waals surface area contributed by atoms with Gasteiger partial charge in [-0.15, -0.1) is 0 Å². The number of pyridine rings is 1. The lowest BCUT2D eigenvalue weighted by Gasteiger charge is -2.38. The van der Waals surface area contributed by atoms with Crippen molar-refractivity contribution in [2.45, 2.75) is 33.0 Å². The maximum atomic E-state index is 9.13. The Morgan fingerprint density at radius 3 is 2.82 bits per heavy atom. The number of nitrogens with zero attached hydrogens (tertiary/aromatic N) is 2. The third kappa shape index (κ3) is 2.76. The monoisotopic (exact) mass is 236 g/mol. The van der Waals surface area contributed by atoms with Crippen LogP contribution in [-0.2, 0) is 11.3 Å². The van der Waals surface area contributed by atoms with Crippen molar-refractivity contribution in [2.75, 3.05) is 24.6 Å². The molecule has 0 aromatic carbocycles. The molecule has 94 valence electrons. The number of anilines is 1. The van der Waals surface area contributed by atoms with Gasteiger partial charge in [0.15, 0.2) is 0 Å². The Kier molecular flexibility index (Phi) is 3.35. The number of aliphatic hydroxyl groups is 1. The van der Waals surface area contributed by atoms with Crippen LogP contribution in [0.1, 0.15) is 25.1 Å². The van der Waals surface area contributed by atoms with E-state index < -0.39 is 0 Å². The highest BCUT2D eigenvalue weighted by Gasteiger charge is 2.27. The van der Waals surface area contributed by atoms with E-state index in [2.05, 4.69) is 23.7 Å². The third-order valence-corrected chi connectivity index (χ3v) is 3.10. The number of ether oxygens (including phenoxy) is 1. The summed E-state index contributed by atoms with van der Waals surface area (Å²) in [4.78, 5) is 6.78. The van der Waals surface area contributed by atoms with Crippen LogP contribution >= 0.6 is 0 Å². The van der Waals surface area contributed by atoms with Gasteiger partial charge in [-0.25, -0.2) is 4.98 Å². The topological polar surface area (TPSA) is 45.6 Å². The van der Waals surface area contributed by atoms with Crippen LogP contribution in [0.4, 0.5) is 5.82 Å². The number of rotatable bonds is 2. The van der Waals surface area contributed by atoms with Crippen LogP contribution in [0.15, 0.2) is 12.1 Å². The molecule has 4 nitrogen and oxygen atoms in total. The molecule has 2 heterocycles. The standard InChI is InChI=1S/C13H20N2O2/c1-10-11(8-16)4-5-12(14-10)15-6-7-17-13(2,3)9-15/h4-5,16H,6-9H2,1-3H3. The molecule has 1 aliphatic rings. The molecule has 0 atom stereocenters. The first-order valence-corrected chi connectivity index (χ1v) is 5.98.